The van der Waals surface area contributed by atoms with Gasteiger partial charge in [-0.1, -0.05) is 48.5 Å². The van der Waals surface area contributed by atoms with Crippen LogP contribution in [0, 0.1) is 0 Å². The zero-order valence-electron chi connectivity index (χ0n) is 22.1. The summed E-state index contributed by atoms with van der Waals surface area (Å²) < 4.78 is 0. The predicted octanol–water partition coefficient (Wildman–Crippen LogP) is 1.50. The number of H-pyrrole nitrogens is 1. The van der Waals surface area contributed by atoms with Gasteiger partial charge in [-0.05, 0) is 35.6 Å². The molecule has 4 unspecified atom stereocenters. The number of nitrogens with one attached hydrogen (secondary N) is 4. The highest BCUT2D eigenvalue weighted by atomic mass is 32.2. The second-order valence-electron chi connectivity index (χ2n) is 9.35. The number of carbonyl (C=O) groups excluding carboxylic acids is 3. The van der Waals surface area contributed by atoms with Gasteiger partial charge in [-0.25, -0.2) is 4.79 Å². The standard InChI is InChI=1S/C28H35N5O5S2/c1-40-12-11-22(26(35)33-24(28(37)38)14-18-15-30-21-10-6-5-9-19(18)21)31-27(36)23(32-25(34)20(29)16-39)13-17-7-3-2-4-8-17/h2-10,15,20,22-24,30,39H,11-14,16,29H2,1H3,(H,31,36)(H,32,34)(H,33,35)(H,37,38). The molecule has 4 atom stereocenters. The number of rotatable bonds is 15. The molecule has 10 nitrogen and oxygen atoms in total. The molecule has 3 rings (SSSR count). The van der Waals surface area contributed by atoms with Gasteiger partial charge in [0.15, 0.2) is 0 Å². The minimum absolute atomic E-state index is 0.0581. The highest BCUT2D eigenvalue weighted by Gasteiger charge is 2.30. The Kier molecular flexibility index (Phi) is 11.9. The Hall–Kier alpha value is -3.48. The van der Waals surface area contributed by atoms with E-state index in [1.807, 2.05) is 60.9 Å². The zero-order chi connectivity index (χ0) is 29.1. The highest BCUT2D eigenvalue weighted by Crippen LogP contribution is 2.19. The largest absolute Gasteiger partial charge is 0.480 e. The molecule has 40 heavy (non-hydrogen) atoms. The van der Waals surface area contributed by atoms with Crippen LogP contribution in [-0.4, -0.2) is 75.7 Å². The molecule has 1 heterocycles. The second-order valence-corrected chi connectivity index (χ2v) is 10.7. The predicted molar refractivity (Wildman–Crippen MR) is 160 cm³/mol. The first-order chi connectivity index (χ1) is 19.2. The van der Waals surface area contributed by atoms with Crippen molar-refractivity contribution in [3.63, 3.8) is 0 Å². The second kappa shape index (κ2) is 15.3. The summed E-state index contributed by atoms with van der Waals surface area (Å²) in [5.41, 5.74) is 8.22. The van der Waals surface area contributed by atoms with E-state index in [4.69, 9.17) is 5.73 Å². The average Bonchev–Trinajstić information content (AvgIpc) is 3.37. The number of fused-ring (bicyclic) bond motifs is 1. The summed E-state index contributed by atoms with van der Waals surface area (Å²) >= 11 is 5.54. The molecule has 7 N–H and O–H groups in total. The fourth-order valence-electron chi connectivity index (χ4n) is 4.19. The van der Waals surface area contributed by atoms with Gasteiger partial charge in [-0.3, -0.25) is 14.4 Å². The Labute approximate surface area is 242 Å². The van der Waals surface area contributed by atoms with Gasteiger partial charge in [0.25, 0.3) is 0 Å². The molecular formula is C28H35N5O5S2. The van der Waals surface area contributed by atoms with Crippen molar-refractivity contribution >= 4 is 59.0 Å². The molecule has 0 aliphatic heterocycles. The number of hydrogen-bond donors (Lipinski definition) is 7. The Balaban J connectivity index is 1.76. The number of carboxylic acid groups (broad SMARTS) is 1. The number of para-hydroxylation sites is 1. The normalized spacial score (nSPS) is 14.1. The maximum atomic E-state index is 13.4. The first-order valence-electron chi connectivity index (χ1n) is 12.8. The lowest BCUT2D eigenvalue weighted by atomic mass is 10.0. The molecule has 0 spiro atoms. The summed E-state index contributed by atoms with van der Waals surface area (Å²) in [6, 6.07) is 12.5. The van der Waals surface area contributed by atoms with Crippen molar-refractivity contribution in [3.8, 4) is 0 Å². The van der Waals surface area contributed by atoms with Gasteiger partial charge in [0.1, 0.15) is 18.1 Å². The highest BCUT2D eigenvalue weighted by molar-refractivity contribution is 7.98. The maximum absolute atomic E-state index is 13.4. The van der Waals surface area contributed by atoms with Crippen LogP contribution >= 0.6 is 24.4 Å². The van der Waals surface area contributed by atoms with Gasteiger partial charge >= 0.3 is 5.97 Å². The number of aliphatic carboxylic acids is 1. The van der Waals surface area contributed by atoms with E-state index in [1.165, 1.54) is 11.8 Å². The number of aromatic amines is 1. The molecule has 0 saturated carbocycles. The molecular weight excluding hydrogens is 550 g/mol. The Bertz CT molecular complexity index is 1300. The minimum Gasteiger partial charge on any atom is -0.480 e. The van der Waals surface area contributed by atoms with E-state index in [0.717, 1.165) is 22.0 Å². The van der Waals surface area contributed by atoms with E-state index in [1.54, 1.807) is 6.20 Å². The molecule has 12 heteroatoms. The number of hydrogen-bond acceptors (Lipinski definition) is 7. The summed E-state index contributed by atoms with van der Waals surface area (Å²) in [4.78, 5) is 54.5. The van der Waals surface area contributed by atoms with Crippen LogP contribution in [0.15, 0.2) is 60.8 Å². The monoisotopic (exact) mass is 585 g/mol. The molecule has 0 saturated heterocycles. The van der Waals surface area contributed by atoms with Crippen LogP contribution in [0.1, 0.15) is 17.5 Å². The van der Waals surface area contributed by atoms with E-state index in [2.05, 4.69) is 33.6 Å². The minimum atomic E-state index is -1.21. The number of carbonyl (C=O) groups is 4. The van der Waals surface area contributed by atoms with E-state index < -0.39 is 47.9 Å². The van der Waals surface area contributed by atoms with Crippen LogP contribution in [0.25, 0.3) is 10.9 Å². The van der Waals surface area contributed by atoms with E-state index in [-0.39, 0.29) is 25.0 Å². The van der Waals surface area contributed by atoms with Crippen molar-refractivity contribution in [1.29, 1.82) is 0 Å². The lowest BCUT2D eigenvalue weighted by Crippen LogP contribution is -2.58. The van der Waals surface area contributed by atoms with Crippen LogP contribution in [0.5, 0.6) is 0 Å². The first kappa shape index (κ1) is 31.1. The van der Waals surface area contributed by atoms with Crippen LogP contribution in [-0.2, 0) is 32.0 Å². The fraction of sp³-hybridized carbons (Fsp3) is 0.357. The van der Waals surface area contributed by atoms with Gasteiger partial charge in [-0.15, -0.1) is 0 Å². The van der Waals surface area contributed by atoms with Gasteiger partial charge in [0, 0.05) is 35.7 Å². The molecule has 0 bridgehead atoms. The first-order valence-corrected chi connectivity index (χ1v) is 14.8. The van der Waals surface area contributed by atoms with Crippen molar-refractivity contribution in [2.75, 3.05) is 17.8 Å². The summed E-state index contributed by atoms with van der Waals surface area (Å²) in [5.74, 6) is -2.29. The quantitative estimate of drug-likeness (QED) is 0.133. The molecule has 0 aliphatic carbocycles. The Morgan fingerprint density at radius 1 is 0.900 bits per heavy atom. The number of aromatic nitrogens is 1. The van der Waals surface area contributed by atoms with Crippen molar-refractivity contribution in [2.24, 2.45) is 5.73 Å². The van der Waals surface area contributed by atoms with Crippen LogP contribution in [0.3, 0.4) is 0 Å². The van der Waals surface area contributed by atoms with Gasteiger partial charge in [-0.2, -0.15) is 24.4 Å². The molecule has 0 aliphatic rings. The molecule has 1 aromatic heterocycles. The van der Waals surface area contributed by atoms with Crippen LogP contribution in [0.2, 0.25) is 0 Å². The number of thioether (sulfide) groups is 1. The summed E-state index contributed by atoms with van der Waals surface area (Å²) in [6.45, 7) is 0. The van der Waals surface area contributed by atoms with Gasteiger partial charge < -0.3 is 31.8 Å². The van der Waals surface area contributed by atoms with Crippen molar-refractivity contribution in [1.82, 2.24) is 20.9 Å². The Morgan fingerprint density at radius 3 is 2.20 bits per heavy atom. The average molecular weight is 586 g/mol. The summed E-state index contributed by atoms with van der Waals surface area (Å²) in [5, 5.41) is 18.7. The summed E-state index contributed by atoms with van der Waals surface area (Å²) in [6.07, 6.45) is 4.09. The maximum Gasteiger partial charge on any atom is 0.326 e. The number of nitrogens with two attached hydrogens (primary N) is 1. The lowest BCUT2D eigenvalue weighted by molar-refractivity contribution is -0.142. The lowest BCUT2D eigenvalue weighted by Gasteiger charge is -2.25. The molecule has 2 aromatic carbocycles. The number of benzene rings is 2. The third-order valence-corrected chi connectivity index (χ3v) is 7.44. The van der Waals surface area contributed by atoms with Gasteiger partial charge in [0.05, 0.1) is 6.04 Å². The molecule has 3 aromatic rings. The van der Waals surface area contributed by atoms with E-state index in [9.17, 15) is 24.3 Å². The Morgan fingerprint density at radius 2 is 1.52 bits per heavy atom. The molecule has 214 valence electrons. The van der Waals surface area contributed by atoms with Crippen molar-refractivity contribution < 1.29 is 24.3 Å². The fourth-order valence-corrected chi connectivity index (χ4v) is 4.83. The number of amides is 3. The summed E-state index contributed by atoms with van der Waals surface area (Å²) in [7, 11) is 0. The SMILES string of the molecule is CSCCC(NC(=O)C(Cc1ccccc1)NC(=O)C(N)CS)C(=O)NC(Cc1c[nH]c2ccccc12)C(=O)O. The molecule has 0 radical (unpaired) electrons. The zero-order valence-corrected chi connectivity index (χ0v) is 23.8. The molecule has 3 amide bonds. The van der Waals surface area contributed by atoms with Crippen molar-refractivity contribution in [2.45, 2.75) is 43.4 Å². The smallest absolute Gasteiger partial charge is 0.326 e. The van der Waals surface area contributed by atoms with Crippen LogP contribution < -0.4 is 21.7 Å². The van der Waals surface area contributed by atoms with E-state index in [0.29, 0.717) is 5.75 Å². The van der Waals surface area contributed by atoms with E-state index >= 15 is 0 Å². The molecule has 0 fully saturated rings. The van der Waals surface area contributed by atoms with Gasteiger partial charge in [0.2, 0.25) is 17.7 Å². The third-order valence-electron chi connectivity index (χ3n) is 6.41. The van der Waals surface area contributed by atoms with Crippen molar-refractivity contribution in [3.05, 3.63) is 71.9 Å². The van der Waals surface area contributed by atoms with Crippen LogP contribution in [0.4, 0.5) is 0 Å². The topological polar surface area (TPSA) is 166 Å². The third kappa shape index (κ3) is 8.77. The number of thiol groups is 1. The number of carboxylic acids is 1.